The third-order valence-corrected chi connectivity index (χ3v) is 3.76. The number of benzene rings is 1. The van der Waals surface area contributed by atoms with Crippen LogP contribution in [0.25, 0.3) is 0 Å². The SMILES string of the molecule is CC(C)C(CNc1ccsc1)c1ccccc1. The van der Waals surface area contributed by atoms with Crippen LogP contribution in [0, 0.1) is 5.92 Å². The van der Waals surface area contributed by atoms with E-state index in [-0.39, 0.29) is 0 Å². The zero-order chi connectivity index (χ0) is 12.1. The van der Waals surface area contributed by atoms with E-state index in [0.717, 1.165) is 6.54 Å². The van der Waals surface area contributed by atoms with Crippen LogP contribution in [0.5, 0.6) is 0 Å². The maximum Gasteiger partial charge on any atom is 0.0449 e. The fraction of sp³-hybridized carbons (Fsp3) is 0.333. The summed E-state index contributed by atoms with van der Waals surface area (Å²) < 4.78 is 0. The van der Waals surface area contributed by atoms with E-state index in [4.69, 9.17) is 0 Å². The Kier molecular flexibility index (Phi) is 4.21. The normalized spacial score (nSPS) is 12.6. The van der Waals surface area contributed by atoms with Crippen LogP contribution in [0.1, 0.15) is 25.3 Å². The number of nitrogens with one attached hydrogen (secondary N) is 1. The molecule has 1 heterocycles. The molecule has 1 atom stereocenters. The highest BCUT2D eigenvalue weighted by Crippen LogP contribution is 2.25. The van der Waals surface area contributed by atoms with Gasteiger partial charge < -0.3 is 5.32 Å². The molecule has 0 saturated heterocycles. The summed E-state index contributed by atoms with van der Waals surface area (Å²) >= 11 is 1.73. The Morgan fingerprint density at radius 3 is 2.47 bits per heavy atom. The molecular weight excluding hydrogens is 226 g/mol. The van der Waals surface area contributed by atoms with Crippen LogP contribution in [0.15, 0.2) is 47.2 Å². The molecule has 1 unspecified atom stereocenters. The van der Waals surface area contributed by atoms with Gasteiger partial charge in [0.05, 0.1) is 0 Å². The second-order valence-electron chi connectivity index (χ2n) is 4.65. The van der Waals surface area contributed by atoms with Gasteiger partial charge in [0.1, 0.15) is 0 Å². The van der Waals surface area contributed by atoms with E-state index in [9.17, 15) is 0 Å². The van der Waals surface area contributed by atoms with Crippen LogP contribution < -0.4 is 5.32 Å². The van der Waals surface area contributed by atoms with Gasteiger partial charge in [0.2, 0.25) is 0 Å². The van der Waals surface area contributed by atoms with Gasteiger partial charge in [-0.3, -0.25) is 0 Å². The Balaban J connectivity index is 2.03. The Bertz CT molecular complexity index is 419. The van der Waals surface area contributed by atoms with Gasteiger partial charge >= 0.3 is 0 Å². The lowest BCUT2D eigenvalue weighted by atomic mass is 9.88. The molecule has 0 aliphatic rings. The minimum Gasteiger partial charge on any atom is -0.384 e. The highest BCUT2D eigenvalue weighted by atomic mass is 32.1. The first-order valence-electron chi connectivity index (χ1n) is 6.08. The summed E-state index contributed by atoms with van der Waals surface area (Å²) in [5.41, 5.74) is 2.65. The number of thiophene rings is 1. The first kappa shape index (κ1) is 12.2. The van der Waals surface area contributed by atoms with Crippen molar-refractivity contribution in [2.24, 2.45) is 5.92 Å². The summed E-state index contributed by atoms with van der Waals surface area (Å²) in [4.78, 5) is 0. The van der Waals surface area contributed by atoms with Crippen molar-refractivity contribution in [3.8, 4) is 0 Å². The Morgan fingerprint density at radius 2 is 1.88 bits per heavy atom. The molecule has 1 nitrogen and oxygen atoms in total. The highest BCUT2D eigenvalue weighted by molar-refractivity contribution is 7.08. The molecule has 17 heavy (non-hydrogen) atoms. The van der Waals surface area contributed by atoms with E-state index in [1.165, 1.54) is 11.3 Å². The predicted octanol–water partition coefficient (Wildman–Crippen LogP) is 4.60. The van der Waals surface area contributed by atoms with Gasteiger partial charge in [0, 0.05) is 23.5 Å². The summed E-state index contributed by atoms with van der Waals surface area (Å²) in [6.07, 6.45) is 0. The van der Waals surface area contributed by atoms with Crippen molar-refractivity contribution in [1.29, 1.82) is 0 Å². The fourth-order valence-electron chi connectivity index (χ4n) is 2.03. The Morgan fingerprint density at radius 1 is 1.12 bits per heavy atom. The molecule has 0 radical (unpaired) electrons. The highest BCUT2D eigenvalue weighted by Gasteiger charge is 2.15. The quantitative estimate of drug-likeness (QED) is 0.811. The molecular formula is C15H19NS. The van der Waals surface area contributed by atoms with E-state index in [1.54, 1.807) is 11.3 Å². The molecule has 0 spiro atoms. The molecule has 0 saturated carbocycles. The average Bonchev–Trinajstić information content (AvgIpc) is 2.83. The largest absolute Gasteiger partial charge is 0.384 e. The zero-order valence-electron chi connectivity index (χ0n) is 10.4. The zero-order valence-corrected chi connectivity index (χ0v) is 11.2. The van der Waals surface area contributed by atoms with E-state index in [0.29, 0.717) is 11.8 Å². The van der Waals surface area contributed by atoms with Crippen molar-refractivity contribution in [3.05, 3.63) is 52.7 Å². The molecule has 0 aliphatic heterocycles. The van der Waals surface area contributed by atoms with Crippen LogP contribution in [0.2, 0.25) is 0 Å². The van der Waals surface area contributed by atoms with E-state index >= 15 is 0 Å². The van der Waals surface area contributed by atoms with Gasteiger partial charge in [-0.2, -0.15) is 11.3 Å². The lowest BCUT2D eigenvalue weighted by Crippen LogP contribution is -2.17. The molecule has 0 aliphatic carbocycles. The first-order valence-corrected chi connectivity index (χ1v) is 7.02. The van der Waals surface area contributed by atoms with Crippen LogP contribution in [0.3, 0.4) is 0 Å². The average molecular weight is 245 g/mol. The van der Waals surface area contributed by atoms with Gasteiger partial charge in [-0.25, -0.2) is 0 Å². The number of hydrogen-bond donors (Lipinski definition) is 1. The fourth-order valence-corrected chi connectivity index (χ4v) is 2.64. The molecule has 1 N–H and O–H groups in total. The molecule has 0 fully saturated rings. The minimum atomic E-state index is 0.566. The van der Waals surface area contributed by atoms with E-state index in [1.807, 2.05) is 0 Å². The summed E-state index contributed by atoms with van der Waals surface area (Å²) in [7, 11) is 0. The minimum absolute atomic E-state index is 0.566. The third kappa shape index (κ3) is 3.34. The van der Waals surface area contributed by atoms with Crippen LogP contribution in [-0.2, 0) is 0 Å². The Hall–Kier alpha value is -1.28. The molecule has 0 amide bonds. The molecule has 2 aromatic rings. The maximum absolute atomic E-state index is 3.51. The van der Waals surface area contributed by atoms with Gasteiger partial charge in [0.15, 0.2) is 0 Å². The second-order valence-corrected chi connectivity index (χ2v) is 5.43. The van der Waals surface area contributed by atoms with E-state index < -0.39 is 0 Å². The molecule has 2 rings (SSSR count). The number of anilines is 1. The van der Waals surface area contributed by atoms with Crippen LogP contribution in [-0.4, -0.2) is 6.54 Å². The van der Waals surface area contributed by atoms with Crippen molar-refractivity contribution in [2.45, 2.75) is 19.8 Å². The van der Waals surface area contributed by atoms with Gasteiger partial charge in [0.25, 0.3) is 0 Å². The number of rotatable bonds is 5. The van der Waals surface area contributed by atoms with Crippen LogP contribution in [0.4, 0.5) is 5.69 Å². The standard InChI is InChI=1S/C15H19NS/c1-12(2)15(13-6-4-3-5-7-13)10-16-14-8-9-17-11-14/h3-9,11-12,15-16H,10H2,1-2H3. The number of hydrogen-bond acceptors (Lipinski definition) is 2. The Labute approximate surface area is 108 Å². The summed E-state index contributed by atoms with van der Waals surface area (Å²) in [6.45, 7) is 5.57. The van der Waals surface area contributed by atoms with Crippen molar-refractivity contribution in [3.63, 3.8) is 0 Å². The molecule has 1 aromatic carbocycles. The lowest BCUT2D eigenvalue weighted by molar-refractivity contribution is 0.517. The maximum atomic E-state index is 3.51. The molecule has 0 bridgehead atoms. The topological polar surface area (TPSA) is 12.0 Å². The van der Waals surface area contributed by atoms with Gasteiger partial charge in [-0.1, -0.05) is 44.2 Å². The molecule has 90 valence electrons. The molecule has 1 aromatic heterocycles. The summed E-state index contributed by atoms with van der Waals surface area (Å²) in [5.74, 6) is 1.21. The van der Waals surface area contributed by atoms with Gasteiger partial charge in [-0.05, 0) is 22.9 Å². The van der Waals surface area contributed by atoms with Crippen molar-refractivity contribution < 1.29 is 0 Å². The van der Waals surface area contributed by atoms with Gasteiger partial charge in [-0.15, -0.1) is 0 Å². The second kappa shape index (κ2) is 5.87. The first-order chi connectivity index (χ1) is 8.27. The molecule has 2 heteroatoms. The third-order valence-electron chi connectivity index (χ3n) is 3.08. The summed E-state index contributed by atoms with van der Waals surface area (Å²) in [5, 5.41) is 7.78. The predicted molar refractivity (Wildman–Crippen MR) is 76.8 cm³/mol. The smallest absolute Gasteiger partial charge is 0.0449 e. The monoisotopic (exact) mass is 245 g/mol. The van der Waals surface area contributed by atoms with Crippen molar-refractivity contribution >= 4 is 17.0 Å². The van der Waals surface area contributed by atoms with Crippen molar-refractivity contribution in [1.82, 2.24) is 0 Å². The van der Waals surface area contributed by atoms with Crippen LogP contribution >= 0.6 is 11.3 Å². The summed E-state index contributed by atoms with van der Waals surface area (Å²) in [6, 6.07) is 12.9. The van der Waals surface area contributed by atoms with Crippen molar-refractivity contribution in [2.75, 3.05) is 11.9 Å². The lowest BCUT2D eigenvalue weighted by Gasteiger charge is -2.22. The van der Waals surface area contributed by atoms with E-state index in [2.05, 4.69) is 66.3 Å².